The Labute approximate surface area is 880 Å². The van der Waals surface area contributed by atoms with Gasteiger partial charge in [0.05, 0.1) is 140 Å². The zero-order chi connectivity index (χ0) is 106. The van der Waals surface area contributed by atoms with Crippen LogP contribution >= 0.6 is 31.9 Å². The van der Waals surface area contributed by atoms with Gasteiger partial charge in [0.1, 0.15) is 53.2 Å². The number of aliphatic carboxylic acids is 1. The van der Waals surface area contributed by atoms with Crippen molar-refractivity contribution in [3.63, 3.8) is 0 Å². The number of carboxylic acid groups (broad SMARTS) is 1. The number of pyridine rings is 4. The molecular weight excluding hydrogens is 2040 g/mol. The standard InChI is InChI=1S/C21H30N4O4.C17H22N4O4.C15H23BrN4O3.C14H19BrN4O2.C14H26N2O5.C9H18N2O3.C8H15NO4.CH4/c1-21(2,3)29-19(27)5-4-16-12-17-14-25(7-6-24-8-10-28-11-9-24)15-18(26)23-20(17)22-13-16;22-15-12-21(4-3-20-5-7-25-8-6-20)11-14-9-13(1-2-16(23)24)10-18-17(14)19-15;1-22-14(21)11-20(3-2-19-4-6-23-7-5-19)10-12-8-13(16)9-18-15(12)17;15-12-7-11-9-19(2-1-18-3-5-21-6-4-18)10-13(20)17-14(11)16-8-12;1-14(2,3)21-13(18)16(11-12(17)19-4)6-5-15-7-9-20-10-8-15;1-13-9(12)8-10-2-3-11-4-6-14-7-5-11;1-8(2,3)13-7(11)9-5-6(10)12-4;/h4-5,12-13H,6-11,14-15H2,1-3H3,(H,22,23,26);1-2,9-10H,3-8,11-12H2,(H,23,24)(H,18,19,22);8-9H,2-7,10-11H2,1H3,(H2,17,18);7-8H,1-6,9-10H2,(H,16,17,20);5-11H2,1-4H3;10H,2-8H2,1H3;5H2,1-4H3,(H,9,11);1H4/b5-4+;2-1+;;;;;;. The number of nitrogens with one attached hydrogen (secondary N) is 5. The lowest BCUT2D eigenvalue weighted by Gasteiger charge is -2.30. The van der Waals surface area contributed by atoms with Gasteiger partial charge in [0.25, 0.3) is 0 Å². The molecule has 0 bridgehead atoms. The third-order valence-corrected chi connectivity index (χ3v) is 23.6. The predicted octanol–water partition coefficient (Wildman–Crippen LogP) is 4.58. The number of esters is 5. The number of carboxylic acids is 1. The number of methoxy groups -OCH3 is 4. The first-order chi connectivity index (χ1) is 69.7. The minimum Gasteiger partial charge on any atom is -0.478 e. The smallest absolute Gasteiger partial charge is 0.410 e. The molecule has 4 aromatic rings. The van der Waals surface area contributed by atoms with E-state index in [0.29, 0.717) is 101 Å². The van der Waals surface area contributed by atoms with Crippen LogP contribution in [0.4, 0.5) is 32.9 Å². The molecule has 0 aromatic carbocycles. The SMILES string of the molecule is C.CC(C)(C)OC(=O)/C=C/c1cnc2c(c1)CN(CCN1CCOCC1)CC(=O)N2.COC(=O)CN(CCN1CCOCC1)C(=O)OC(C)(C)C.COC(=O)CN(CCN1CCOCC1)Cc1cc(Br)cnc1N.COC(=O)CNC(=O)OC(C)(C)C.COC(=O)CNCCN1CCOCC1.O=C(O)/C=C/c1cnc2c(c1)CN(CCN1CCOCC1)CC(=O)N2.O=C1CN(CCN2CCOCC2)Cc2cc(Br)cnc2N1. The number of carbonyl (C=O) groups excluding carboxylic acids is 10. The van der Waals surface area contributed by atoms with Gasteiger partial charge in [0, 0.05) is 251 Å². The molecule has 6 fully saturated rings. The van der Waals surface area contributed by atoms with Gasteiger partial charge >= 0.3 is 48.0 Å². The quantitative estimate of drug-likeness (QED) is 0.0152. The third kappa shape index (κ3) is 54.3. The minimum absolute atomic E-state index is 0. The number of amides is 5. The van der Waals surface area contributed by atoms with Crippen LogP contribution in [-0.4, -0.2) is 472 Å². The van der Waals surface area contributed by atoms with E-state index in [0.717, 1.165) is 259 Å². The van der Waals surface area contributed by atoms with Crippen LogP contribution in [0.15, 0.2) is 70.2 Å². The van der Waals surface area contributed by atoms with Crippen molar-refractivity contribution in [2.24, 2.45) is 0 Å². The normalized spacial score (nSPS) is 17.5. The molecule has 0 atom stereocenters. The van der Waals surface area contributed by atoms with E-state index in [4.69, 9.17) is 58.2 Å². The van der Waals surface area contributed by atoms with Crippen LogP contribution in [0.1, 0.15) is 103 Å². The van der Waals surface area contributed by atoms with Gasteiger partial charge in [-0.25, -0.2) is 39.1 Å². The van der Waals surface area contributed by atoms with Gasteiger partial charge in [-0.3, -0.25) is 87.5 Å². The second kappa shape index (κ2) is 67.9. The first kappa shape index (κ1) is 126. The summed E-state index contributed by atoms with van der Waals surface area (Å²) in [6.07, 6.45) is 11.1. The van der Waals surface area contributed by atoms with Crippen molar-refractivity contribution in [2.45, 2.75) is 113 Å². The van der Waals surface area contributed by atoms with Crippen LogP contribution in [0.25, 0.3) is 12.2 Å². The molecule has 9 aliphatic heterocycles. The number of morpholine rings is 6. The number of halogens is 2. The number of nitrogen functional groups attached to an aromatic ring is 1. The maximum Gasteiger partial charge on any atom is 0.410 e. The highest BCUT2D eigenvalue weighted by atomic mass is 79.9. The monoisotopic (exact) mass is 2200 g/mol. The molecule has 9 aliphatic rings. The van der Waals surface area contributed by atoms with Gasteiger partial charge in [-0.1, -0.05) is 7.43 Å². The molecule has 46 nitrogen and oxygen atoms in total. The molecule has 0 radical (unpaired) electrons. The van der Waals surface area contributed by atoms with E-state index < -0.39 is 52.9 Å². The summed E-state index contributed by atoms with van der Waals surface area (Å²) >= 11 is 6.84. The molecule has 5 amide bonds. The second-order valence-corrected chi connectivity index (χ2v) is 39.7. The lowest BCUT2D eigenvalue weighted by atomic mass is 10.1. The average Bonchev–Trinajstić information content (AvgIpc) is 1.74. The first-order valence-electron chi connectivity index (χ1n) is 49.0. The number of hydrogen-bond donors (Lipinski definition) is 7. The molecular formula is C99H157Br2N21O25. The number of nitrogens with two attached hydrogens (primary N) is 1. The summed E-state index contributed by atoms with van der Waals surface area (Å²) in [5, 5.41) is 22.6. The van der Waals surface area contributed by atoms with Crippen LogP contribution in [0, 0.1) is 0 Å². The highest BCUT2D eigenvalue weighted by Crippen LogP contribution is 2.26. The van der Waals surface area contributed by atoms with Crippen molar-refractivity contribution in [2.75, 3.05) is 332 Å². The molecule has 8 N–H and O–H groups in total. The zero-order valence-corrected chi connectivity index (χ0v) is 90.1. The van der Waals surface area contributed by atoms with E-state index in [-0.39, 0.29) is 56.7 Å². The highest BCUT2D eigenvalue weighted by molar-refractivity contribution is 9.10. The van der Waals surface area contributed by atoms with Crippen molar-refractivity contribution >= 4 is 133 Å². The fourth-order valence-electron chi connectivity index (χ4n) is 15.1. The molecule has 13 heterocycles. The Hall–Kier alpha value is -10.1. The maximum atomic E-state index is 12.2. The van der Waals surface area contributed by atoms with E-state index in [2.05, 4.69) is 137 Å². The summed E-state index contributed by atoms with van der Waals surface area (Å²) in [4.78, 5) is 167. The van der Waals surface area contributed by atoms with E-state index in [1.54, 1.807) is 72.4 Å². The lowest BCUT2D eigenvalue weighted by Crippen LogP contribution is -2.46. The number of aromatic nitrogens is 4. The van der Waals surface area contributed by atoms with Gasteiger partial charge in [-0.05, 0) is 142 Å². The van der Waals surface area contributed by atoms with E-state index in [1.165, 1.54) is 45.5 Å². The number of fused-ring (bicyclic) bond motifs is 3. The van der Waals surface area contributed by atoms with Crippen molar-refractivity contribution in [1.29, 1.82) is 0 Å². The molecule has 0 saturated carbocycles. The number of hydrogen-bond acceptors (Lipinski definition) is 40. The lowest BCUT2D eigenvalue weighted by molar-refractivity contribution is -0.148. The Morgan fingerprint density at radius 1 is 0.429 bits per heavy atom. The van der Waals surface area contributed by atoms with Crippen LogP contribution in [-0.2, 0) is 131 Å². The molecule has 822 valence electrons. The zero-order valence-electron chi connectivity index (χ0n) is 86.9. The summed E-state index contributed by atoms with van der Waals surface area (Å²) in [5.41, 5.74) is 9.52. The molecule has 48 heteroatoms. The van der Waals surface area contributed by atoms with Gasteiger partial charge in [-0.2, -0.15) is 0 Å². The summed E-state index contributed by atoms with van der Waals surface area (Å²) < 4.78 is 67.5. The molecule has 0 spiro atoms. The van der Waals surface area contributed by atoms with Crippen molar-refractivity contribution in [1.82, 2.24) is 84.5 Å². The molecule has 13 rings (SSSR count). The number of rotatable bonds is 32. The fraction of sp³-hybridized carbons (Fsp3) is 0.646. The maximum absolute atomic E-state index is 12.2. The van der Waals surface area contributed by atoms with E-state index in [9.17, 15) is 52.7 Å². The predicted molar refractivity (Wildman–Crippen MR) is 559 cm³/mol. The number of nitrogens with zero attached hydrogens (tertiary/aromatic N) is 15. The molecule has 147 heavy (non-hydrogen) atoms. The van der Waals surface area contributed by atoms with Crippen molar-refractivity contribution in [3.8, 4) is 0 Å². The Morgan fingerprint density at radius 2 is 0.776 bits per heavy atom. The summed E-state index contributed by atoms with van der Waals surface area (Å²) in [6, 6.07) is 7.78. The summed E-state index contributed by atoms with van der Waals surface area (Å²) in [7, 11) is 5.35. The molecule has 0 aliphatic carbocycles. The number of ether oxygens (including phenoxy) is 13. The van der Waals surface area contributed by atoms with Crippen molar-refractivity contribution < 1.29 is 119 Å². The van der Waals surface area contributed by atoms with Gasteiger partial charge < -0.3 is 99.0 Å². The summed E-state index contributed by atoms with van der Waals surface area (Å²) in [5.74, 6) is -0.684. The number of alkyl carbamates (subject to hydrolysis) is 1. The molecule has 4 aromatic heterocycles. The van der Waals surface area contributed by atoms with Crippen molar-refractivity contribution in [3.05, 3.63) is 104 Å². The Balaban J connectivity index is 0.000000265. The molecule has 6 saturated heterocycles. The molecule has 0 unspecified atom stereocenters. The Bertz CT molecular complexity index is 4770. The van der Waals surface area contributed by atoms with Gasteiger partial charge in [0.2, 0.25) is 17.7 Å². The number of carbonyl (C=O) groups is 11. The Morgan fingerprint density at radius 3 is 1.18 bits per heavy atom. The van der Waals surface area contributed by atoms with Crippen LogP contribution in [0.5, 0.6) is 0 Å². The van der Waals surface area contributed by atoms with Gasteiger partial charge in [-0.15, -0.1) is 0 Å². The van der Waals surface area contributed by atoms with Crippen LogP contribution in [0.3, 0.4) is 0 Å². The average molecular weight is 2200 g/mol. The summed E-state index contributed by atoms with van der Waals surface area (Å²) in [6.45, 7) is 50.0. The van der Waals surface area contributed by atoms with Crippen LogP contribution < -0.4 is 32.3 Å². The van der Waals surface area contributed by atoms with E-state index >= 15 is 0 Å². The topological polar surface area (TPSA) is 501 Å². The number of anilines is 4. The Kier molecular flexibility index (Phi) is 58.0. The van der Waals surface area contributed by atoms with E-state index in [1.807, 2.05) is 49.9 Å². The minimum atomic E-state index is -1.00. The third-order valence-electron chi connectivity index (χ3n) is 22.7. The highest BCUT2D eigenvalue weighted by Gasteiger charge is 2.30. The van der Waals surface area contributed by atoms with Crippen LogP contribution in [0.2, 0.25) is 0 Å². The van der Waals surface area contributed by atoms with Gasteiger partial charge in [0.15, 0.2) is 0 Å². The first-order valence-corrected chi connectivity index (χ1v) is 50.6. The largest absolute Gasteiger partial charge is 0.478 e. The fourth-order valence-corrected chi connectivity index (χ4v) is 15.8. The second-order valence-electron chi connectivity index (χ2n) is 37.9.